The molecule has 0 spiro atoms. The van der Waals surface area contributed by atoms with E-state index in [4.69, 9.17) is 18.9 Å². The van der Waals surface area contributed by atoms with E-state index in [2.05, 4.69) is 13.2 Å². The molecular weight excluding hydrogens is 520 g/mol. The second-order valence-electron chi connectivity index (χ2n) is 11.0. The number of carbonyl (C=O) groups excluding carboxylic acids is 4. The molecule has 0 radical (unpaired) electrons. The highest BCUT2D eigenvalue weighted by Gasteiger charge is 2.34. The fourth-order valence-corrected chi connectivity index (χ4v) is 2.99. The van der Waals surface area contributed by atoms with Gasteiger partial charge in [0.2, 0.25) is 5.75 Å². The monoisotopic (exact) mass is 554 g/mol. The predicted molar refractivity (Wildman–Crippen MR) is 145 cm³/mol. The fourth-order valence-electron chi connectivity index (χ4n) is 2.99. The Morgan fingerprint density at radius 1 is 0.725 bits per heavy atom. The van der Waals surface area contributed by atoms with Crippen LogP contribution in [0.3, 0.4) is 0 Å². The molecule has 2 aromatic carbocycles. The Morgan fingerprint density at radius 3 is 1.70 bits per heavy atom. The minimum absolute atomic E-state index is 0.0509. The van der Waals surface area contributed by atoms with Crippen LogP contribution in [-0.2, 0) is 25.6 Å². The summed E-state index contributed by atoms with van der Waals surface area (Å²) in [5.74, 6) is -4.77. The van der Waals surface area contributed by atoms with Crippen molar-refractivity contribution in [3.8, 4) is 34.5 Å². The number of hydrogen-bond donors (Lipinski definition) is 2. The number of ether oxygens (including phenoxy) is 4. The van der Waals surface area contributed by atoms with Crippen molar-refractivity contribution in [1.82, 2.24) is 0 Å². The van der Waals surface area contributed by atoms with Crippen LogP contribution < -0.4 is 18.9 Å². The minimum atomic E-state index is -1.31. The summed E-state index contributed by atoms with van der Waals surface area (Å²) < 4.78 is 21.2. The van der Waals surface area contributed by atoms with E-state index in [0.29, 0.717) is 0 Å². The van der Waals surface area contributed by atoms with Crippen LogP contribution in [-0.4, -0.2) is 34.1 Å². The standard InChI is InChI=1S/C30H34O10/c1-16(2)25(33)37-20-11-10-12-21(24(20)32)39-28(36)30(8,9)15-18-13-23(38-26(34)17(3)4)19(31)14-22(18)40-27(35)29(5,6)7/h10-14,31-32H,1,3,15H2,2,4-9H3. The summed E-state index contributed by atoms with van der Waals surface area (Å²) in [5, 5.41) is 21.0. The summed E-state index contributed by atoms with van der Waals surface area (Å²) in [7, 11) is 0. The third-order valence-electron chi connectivity index (χ3n) is 5.41. The van der Waals surface area contributed by atoms with Gasteiger partial charge in [-0.3, -0.25) is 9.59 Å². The molecule has 0 amide bonds. The number of rotatable bonds is 9. The van der Waals surface area contributed by atoms with Crippen LogP contribution in [0.2, 0.25) is 0 Å². The van der Waals surface area contributed by atoms with Gasteiger partial charge in [-0.15, -0.1) is 0 Å². The maximum absolute atomic E-state index is 13.2. The molecular formula is C30H34O10. The number of para-hydroxylation sites is 1. The van der Waals surface area contributed by atoms with Crippen molar-refractivity contribution in [2.45, 2.75) is 54.9 Å². The van der Waals surface area contributed by atoms with Gasteiger partial charge in [-0.1, -0.05) is 19.2 Å². The van der Waals surface area contributed by atoms with Gasteiger partial charge in [0.25, 0.3) is 0 Å². The number of esters is 4. The van der Waals surface area contributed by atoms with Crippen molar-refractivity contribution in [3.05, 3.63) is 60.2 Å². The van der Waals surface area contributed by atoms with Gasteiger partial charge in [-0.25, -0.2) is 9.59 Å². The molecule has 0 aliphatic rings. The third-order valence-corrected chi connectivity index (χ3v) is 5.41. The quantitative estimate of drug-likeness (QED) is 0.241. The van der Waals surface area contributed by atoms with Gasteiger partial charge >= 0.3 is 23.9 Å². The highest BCUT2D eigenvalue weighted by molar-refractivity contribution is 5.90. The van der Waals surface area contributed by atoms with Gasteiger partial charge in [0, 0.05) is 17.2 Å². The first-order valence-corrected chi connectivity index (χ1v) is 12.2. The van der Waals surface area contributed by atoms with E-state index in [9.17, 15) is 29.4 Å². The Morgan fingerprint density at radius 2 is 1.20 bits per heavy atom. The third kappa shape index (κ3) is 7.95. The molecule has 0 heterocycles. The molecule has 40 heavy (non-hydrogen) atoms. The Kier molecular flexibility index (Phi) is 9.54. The van der Waals surface area contributed by atoms with Crippen LogP contribution in [0, 0.1) is 10.8 Å². The normalized spacial score (nSPS) is 11.3. The van der Waals surface area contributed by atoms with Crippen molar-refractivity contribution < 1.29 is 48.3 Å². The molecule has 0 aromatic heterocycles. The highest BCUT2D eigenvalue weighted by Crippen LogP contribution is 2.40. The first-order valence-electron chi connectivity index (χ1n) is 12.2. The molecule has 10 heteroatoms. The van der Waals surface area contributed by atoms with Crippen LogP contribution in [0.1, 0.15) is 54.0 Å². The zero-order chi connectivity index (χ0) is 30.6. The zero-order valence-corrected chi connectivity index (χ0v) is 23.7. The van der Waals surface area contributed by atoms with E-state index in [-0.39, 0.29) is 46.1 Å². The van der Waals surface area contributed by atoms with E-state index in [1.54, 1.807) is 34.6 Å². The SMILES string of the molecule is C=C(C)C(=O)Oc1cc(CC(C)(C)C(=O)Oc2cccc(OC(=O)C(=C)C)c2O)c(OC(=O)C(C)(C)C)cc1O. The highest BCUT2D eigenvalue weighted by atomic mass is 16.6. The lowest BCUT2D eigenvalue weighted by Gasteiger charge is -2.25. The Balaban J connectivity index is 2.43. The second-order valence-corrected chi connectivity index (χ2v) is 11.0. The summed E-state index contributed by atoms with van der Waals surface area (Å²) in [6.45, 7) is 17.9. The van der Waals surface area contributed by atoms with Crippen molar-refractivity contribution in [3.63, 3.8) is 0 Å². The Bertz CT molecular complexity index is 1380. The van der Waals surface area contributed by atoms with Gasteiger partial charge in [-0.2, -0.15) is 0 Å². The molecule has 2 rings (SSSR count). The molecule has 0 fully saturated rings. The average molecular weight is 555 g/mol. The van der Waals surface area contributed by atoms with E-state index in [0.717, 1.165) is 6.07 Å². The van der Waals surface area contributed by atoms with Crippen molar-refractivity contribution in [2.24, 2.45) is 10.8 Å². The molecule has 0 saturated carbocycles. The van der Waals surface area contributed by atoms with Gasteiger partial charge in [-0.05, 0) is 78.6 Å². The topological polar surface area (TPSA) is 146 Å². The number of phenols is 2. The second kappa shape index (κ2) is 12.1. The fraction of sp³-hybridized carbons (Fsp3) is 0.333. The summed E-state index contributed by atoms with van der Waals surface area (Å²) in [6, 6.07) is 6.45. The number of aromatic hydroxyl groups is 2. The molecule has 0 saturated heterocycles. The van der Waals surface area contributed by atoms with Gasteiger partial charge < -0.3 is 29.2 Å². The van der Waals surface area contributed by atoms with Crippen molar-refractivity contribution in [1.29, 1.82) is 0 Å². The van der Waals surface area contributed by atoms with Crippen LogP contribution in [0.4, 0.5) is 0 Å². The Labute approximate surface area is 232 Å². The molecule has 2 N–H and O–H groups in total. The largest absolute Gasteiger partial charge is 0.504 e. The van der Waals surface area contributed by atoms with Crippen LogP contribution in [0.25, 0.3) is 0 Å². The molecule has 10 nitrogen and oxygen atoms in total. The molecule has 0 aliphatic heterocycles. The van der Waals surface area contributed by atoms with E-state index in [1.165, 1.54) is 38.1 Å². The minimum Gasteiger partial charge on any atom is -0.504 e. The summed E-state index contributed by atoms with van der Waals surface area (Å²) in [6.07, 6.45) is -0.110. The number of hydrogen-bond acceptors (Lipinski definition) is 10. The Hall–Kier alpha value is -4.60. The van der Waals surface area contributed by atoms with Gasteiger partial charge in [0.15, 0.2) is 23.0 Å². The number of benzene rings is 2. The lowest BCUT2D eigenvalue weighted by Crippen LogP contribution is -2.32. The smallest absolute Gasteiger partial charge is 0.338 e. The maximum atomic E-state index is 13.2. The van der Waals surface area contributed by atoms with E-state index in [1.807, 2.05) is 0 Å². The number of carbonyl (C=O) groups is 4. The maximum Gasteiger partial charge on any atom is 0.338 e. The molecule has 0 bridgehead atoms. The predicted octanol–water partition coefficient (Wildman–Crippen LogP) is 5.19. The van der Waals surface area contributed by atoms with E-state index >= 15 is 0 Å². The van der Waals surface area contributed by atoms with E-state index < -0.39 is 46.2 Å². The van der Waals surface area contributed by atoms with Gasteiger partial charge in [0.05, 0.1) is 10.8 Å². The lowest BCUT2D eigenvalue weighted by atomic mass is 9.85. The zero-order valence-electron chi connectivity index (χ0n) is 23.7. The van der Waals surface area contributed by atoms with Crippen LogP contribution >= 0.6 is 0 Å². The molecule has 214 valence electrons. The summed E-state index contributed by atoms with van der Waals surface area (Å²) in [5.41, 5.74) is -1.76. The summed E-state index contributed by atoms with van der Waals surface area (Å²) >= 11 is 0. The van der Waals surface area contributed by atoms with Gasteiger partial charge in [0.1, 0.15) is 5.75 Å². The molecule has 0 aliphatic carbocycles. The molecule has 0 atom stereocenters. The van der Waals surface area contributed by atoms with Crippen LogP contribution in [0.5, 0.6) is 34.5 Å². The lowest BCUT2D eigenvalue weighted by molar-refractivity contribution is -0.144. The molecule has 0 unspecified atom stereocenters. The molecule has 2 aromatic rings. The van der Waals surface area contributed by atoms with Crippen LogP contribution in [0.15, 0.2) is 54.6 Å². The summed E-state index contributed by atoms with van der Waals surface area (Å²) in [4.78, 5) is 49.8. The first kappa shape index (κ1) is 31.6. The first-order chi connectivity index (χ1) is 18.3. The van der Waals surface area contributed by atoms with Crippen molar-refractivity contribution >= 4 is 23.9 Å². The average Bonchev–Trinajstić information content (AvgIpc) is 2.83. The van der Waals surface area contributed by atoms with Crippen molar-refractivity contribution in [2.75, 3.05) is 0 Å². The number of phenolic OH excluding ortho intramolecular Hbond substituents is 2.